The number of carbonyl (C=O) groups excluding carboxylic acids is 4. The lowest BCUT2D eigenvalue weighted by Gasteiger charge is -2.30. The molecule has 5 amide bonds. The Morgan fingerprint density at radius 2 is 1.78 bits per heavy atom. The van der Waals surface area contributed by atoms with Gasteiger partial charge in [-0.1, -0.05) is 49.3 Å². The fourth-order valence-corrected chi connectivity index (χ4v) is 8.06. The van der Waals surface area contributed by atoms with Gasteiger partial charge in [0.25, 0.3) is 0 Å². The van der Waals surface area contributed by atoms with Crippen LogP contribution < -0.4 is 15.5 Å². The first kappa shape index (κ1) is 34.5. The first-order valence-electron chi connectivity index (χ1n) is 17.1. The number of urea groups is 1. The molecule has 49 heavy (non-hydrogen) atoms. The third-order valence-electron chi connectivity index (χ3n) is 9.81. The molecule has 2 aromatic rings. The number of carboxylic acid groups (broad SMARTS) is 1. The second-order valence-electron chi connectivity index (χ2n) is 14.4. The summed E-state index contributed by atoms with van der Waals surface area (Å²) in [6, 6.07) is 10.3. The Hall–Kier alpha value is -4.39. The number of benzene rings is 1. The van der Waals surface area contributed by atoms with Crippen molar-refractivity contribution in [2.45, 2.75) is 101 Å². The number of alkyl carbamates (subject to hydrolysis) is 1. The highest BCUT2D eigenvalue weighted by Gasteiger charge is 2.61. The summed E-state index contributed by atoms with van der Waals surface area (Å²) >= 11 is 1.56. The van der Waals surface area contributed by atoms with Crippen LogP contribution in [-0.4, -0.2) is 87.2 Å². The monoisotopic (exact) mass is 691 g/mol. The molecular weight excluding hydrogens is 646 g/mol. The third kappa shape index (κ3) is 7.31. The lowest BCUT2D eigenvalue weighted by atomic mass is 10.0. The molecule has 1 aromatic carbocycles. The zero-order valence-corrected chi connectivity index (χ0v) is 29.0. The summed E-state index contributed by atoms with van der Waals surface area (Å²) in [5.41, 5.74) is -1.49. The summed E-state index contributed by atoms with van der Waals surface area (Å²) in [6.07, 6.45) is 6.83. The van der Waals surface area contributed by atoms with Crippen LogP contribution in [0.1, 0.15) is 76.6 Å². The SMILES string of the molecule is CC(C)(C)OC(=O)NC1CCCCC/C=C/C2CC2(C(=O)O)NC(=O)C2C[C@@H](N3CC(c4cccs4)N(c4ccccc4)C3=O)CN2C1=O. The number of carbonyl (C=O) groups is 5. The quantitative estimate of drug-likeness (QED) is 0.371. The maximum Gasteiger partial charge on any atom is 0.408 e. The molecular formula is C36H45N5O7S. The average Bonchev–Trinajstić information content (AvgIpc) is 3.44. The largest absolute Gasteiger partial charge is 0.479 e. The van der Waals surface area contributed by atoms with Crippen LogP contribution in [0.15, 0.2) is 60.0 Å². The lowest BCUT2D eigenvalue weighted by molar-refractivity contribution is -0.145. The highest BCUT2D eigenvalue weighted by molar-refractivity contribution is 7.10. The normalized spacial score (nSPS) is 30.1. The summed E-state index contributed by atoms with van der Waals surface area (Å²) < 4.78 is 5.49. The van der Waals surface area contributed by atoms with Crippen molar-refractivity contribution < 1.29 is 33.8 Å². The molecule has 0 spiro atoms. The number of ether oxygens (including phenoxy) is 1. The second kappa shape index (κ2) is 13.9. The number of anilines is 1. The zero-order valence-electron chi connectivity index (χ0n) is 28.2. The number of para-hydroxylation sites is 1. The van der Waals surface area contributed by atoms with Crippen LogP contribution in [0.4, 0.5) is 15.3 Å². The van der Waals surface area contributed by atoms with Gasteiger partial charge < -0.3 is 30.3 Å². The first-order chi connectivity index (χ1) is 23.4. The number of hydrogen-bond donors (Lipinski definition) is 3. The van der Waals surface area contributed by atoms with Crippen molar-refractivity contribution >= 4 is 46.9 Å². The summed E-state index contributed by atoms with van der Waals surface area (Å²) in [5.74, 6) is -2.52. The van der Waals surface area contributed by atoms with Crippen LogP contribution >= 0.6 is 11.3 Å². The minimum absolute atomic E-state index is 0.0539. The van der Waals surface area contributed by atoms with E-state index in [-0.39, 0.29) is 37.4 Å². The number of rotatable bonds is 5. The number of carboxylic acids is 1. The van der Waals surface area contributed by atoms with E-state index in [1.54, 1.807) is 41.9 Å². The van der Waals surface area contributed by atoms with Crippen LogP contribution in [0, 0.1) is 5.92 Å². The van der Waals surface area contributed by atoms with E-state index in [1.165, 1.54) is 4.90 Å². The molecule has 6 rings (SSSR count). The summed E-state index contributed by atoms with van der Waals surface area (Å²) in [6.45, 7) is 5.62. The van der Waals surface area contributed by atoms with Gasteiger partial charge in [-0.25, -0.2) is 14.4 Å². The van der Waals surface area contributed by atoms with E-state index in [1.807, 2.05) is 60.0 Å². The molecule has 12 nitrogen and oxygen atoms in total. The smallest absolute Gasteiger partial charge is 0.408 e. The fraction of sp³-hybridized carbons (Fsp3) is 0.528. The number of fused-ring (bicyclic) bond motifs is 2. The Balaban J connectivity index is 1.32. The molecule has 13 heteroatoms. The summed E-state index contributed by atoms with van der Waals surface area (Å²) in [4.78, 5) is 74.1. The second-order valence-corrected chi connectivity index (χ2v) is 15.4. The minimum atomic E-state index is -1.45. The topological polar surface area (TPSA) is 149 Å². The Morgan fingerprint density at radius 3 is 2.47 bits per heavy atom. The Morgan fingerprint density at radius 1 is 1.00 bits per heavy atom. The van der Waals surface area contributed by atoms with Gasteiger partial charge in [0.15, 0.2) is 0 Å². The number of allylic oxidation sites excluding steroid dienone is 1. The van der Waals surface area contributed by atoms with Crippen LogP contribution in [0.25, 0.3) is 0 Å². The summed E-state index contributed by atoms with van der Waals surface area (Å²) in [7, 11) is 0. The molecule has 1 saturated carbocycles. The zero-order chi connectivity index (χ0) is 34.9. The average molecular weight is 692 g/mol. The summed E-state index contributed by atoms with van der Waals surface area (Å²) in [5, 5.41) is 17.7. The van der Waals surface area contributed by atoms with Gasteiger partial charge in [-0.15, -0.1) is 11.3 Å². The van der Waals surface area contributed by atoms with Gasteiger partial charge >= 0.3 is 18.1 Å². The van der Waals surface area contributed by atoms with E-state index >= 15 is 0 Å². The standard InChI is InChI=1S/C36H45N5O7S/c1-35(2,3)48-33(46)37-26-16-11-6-4-5-8-13-23-20-36(23,32(44)45)38-30(42)27-19-25(21-40(27)31(26)43)39-22-28(29-17-12-18-49-29)41(34(39)47)24-14-9-7-10-15-24/h7-10,12-15,17-18,23,25-28H,4-6,11,16,19-22H2,1-3H3,(H,37,46)(H,38,42)(H,44,45)/b13-8+/t23?,25-,26?,27?,28?,36?/m1/s1. The number of amides is 5. The molecule has 3 N–H and O–H groups in total. The van der Waals surface area contributed by atoms with Crippen molar-refractivity contribution in [1.29, 1.82) is 0 Å². The molecule has 6 atom stereocenters. The predicted octanol–water partition coefficient (Wildman–Crippen LogP) is 5.07. The minimum Gasteiger partial charge on any atom is -0.479 e. The van der Waals surface area contributed by atoms with Crippen LogP contribution in [0.5, 0.6) is 0 Å². The Kier molecular flexibility index (Phi) is 9.74. The third-order valence-corrected chi connectivity index (χ3v) is 10.8. The molecule has 3 aliphatic heterocycles. The molecule has 1 aromatic heterocycles. The number of nitrogens with one attached hydrogen (secondary N) is 2. The van der Waals surface area contributed by atoms with Gasteiger partial charge in [-0.3, -0.25) is 14.5 Å². The van der Waals surface area contributed by atoms with E-state index < -0.39 is 53.1 Å². The van der Waals surface area contributed by atoms with Crippen LogP contribution in [-0.2, 0) is 19.1 Å². The fourth-order valence-electron chi connectivity index (χ4n) is 7.25. The van der Waals surface area contributed by atoms with E-state index in [9.17, 15) is 29.1 Å². The highest BCUT2D eigenvalue weighted by atomic mass is 32.1. The van der Waals surface area contributed by atoms with Gasteiger partial charge in [0, 0.05) is 29.6 Å². The molecule has 1 aliphatic carbocycles. The van der Waals surface area contributed by atoms with Gasteiger partial charge in [0.2, 0.25) is 11.8 Å². The Labute approximate surface area is 290 Å². The number of hydrogen-bond acceptors (Lipinski definition) is 7. The maximum absolute atomic E-state index is 14.4. The molecule has 0 radical (unpaired) electrons. The number of thiophene rings is 1. The molecule has 3 fully saturated rings. The molecule has 0 bridgehead atoms. The maximum atomic E-state index is 14.4. The van der Waals surface area contributed by atoms with Crippen molar-refractivity contribution in [3.8, 4) is 0 Å². The molecule has 4 aliphatic rings. The number of nitrogens with zero attached hydrogens (tertiary/aromatic N) is 3. The van der Waals surface area contributed by atoms with Crippen molar-refractivity contribution in [3.05, 3.63) is 64.9 Å². The Bertz CT molecular complexity index is 1590. The highest BCUT2D eigenvalue weighted by Crippen LogP contribution is 2.46. The van der Waals surface area contributed by atoms with E-state index in [4.69, 9.17) is 4.74 Å². The lowest BCUT2D eigenvalue weighted by Crippen LogP contribution is -2.56. The van der Waals surface area contributed by atoms with Crippen molar-refractivity contribution in [1.82, 2.24) is 20.4 Å². The van der Waals surface area contributed by atoms with Gasteiger partial charge in [-0.05, 0) is 76.5 Å². The van der Waals surface area contributed by atoms with Crippen molar-refractivity contribution in [3.63, 3.8) is 0 Å². The molecule has 2 saturated heterocycles. The van der Waals surface area contributed by atoms with E-state index in [0.29, 0.717) is 19.4 Å². The molecule has 262 valence electrons. The van der Waals surface area contributed by atoms with E-state index in [2.05, 4.69) is 10.6 Å². The van der Waals surface area contributed by atoms with Crippen LogP contribution in [0.3, 0.4) is 0 Å². The van der Waals surface area contributed by atoms with E-state index in [0.717, 1.165) is 29.8 Å². The van der Waals surface area contributed by atoms with Gasteiger partial charge in [-0.2, -0.15) is 0 Å². The molecule has 5 unspecified atom stereocenters. The first-order valence-corrected chi connectivity index (χ1v) is 18.0. The van der Waals surface area contributed by atoms with Crippen molar-refractivity contribution in [2.75, 3.05) is 18.0 Å². The van der Waals surface area contributed by atoms with Gasteiger partial charge in [0.1, 0.15) is 23.2 Å². The number of aliphatic carboxylic acids is 1. The van der Waals surface area contributed by atoms with Gasteiger partial charge in [0.05, 0.1) is 12.1 Å². The molecule has 4 heterocycles. The predicted molar refractivity (Wildman–Crippen MR) is 184 cm³/mol. The van der Waals surface area contributed by atoms with Crippen LogP contribution in [0.2, 0.25) is 0 Å². The van der Waals surface area contributed by atoms with Crippen molar-refractivity contribution in [2.24, 2.45) is 5.92 Å².